The average Bonchev–Trinajstić information content (AvgIpc) is 2.99. The molecule has 0 saturated carbocycles. The largest absolute Gasteiger partial charge is 0.481 e. The monoisotopic (exact) mass is 322 g/mol. The summed E-state index contributed by atoms with van der Waals surface area (Å²) in [4.78, 5) is 27.5. The lowest BCUT2D eigenvalue weighted by Gasteiger charge is -2.15. The maximum atomic E-state index is 13.1. The topological polar surface area (TPSA) is 109 Å². The Hall–Kier alpha value is -2.97. The van der Waals surface area contributed by atoms with Gasteiger partial charge in [-0.15, -0.1) is 0 Å². The number of nitrogens with one attached hydrogen (secondary N) is 1. The van der Waals surface area contributed by atoms with Crippen LogP contribution in [0.4, 0.5) is 9.18 Å². The highest BCUT2D eigenvalue weighted by Crippen LogP contribution is 2.16. The van der Waals surface area contributed by atoms with E-state index >= 15 is 0 Å². The number of halogens is 1. The van der Waals surface area contributed by atoms with Crippen LogP contribution in [0.25, 0.3) is 11.4 Å². The predicted molar refractivity (Wildman–Crippen MR) is 76.8 cm³/mol. The van der Waals surface area contributed by atoms with E-state index in [-0.39, 0.29) is 31.2 Å². The first-order valence-electron chi connectivity index (χ1n) is 6.75. The molecule has 2 N–H and O–H groups in total. The molecule has 0 radical (unpaired) electrons. The summed E-state index contributed by atoms with van der Waals surface area (Å²) in [5.41, 5.74) is 0.463. The molecule has 1 aromatic carbocycles. The van der Waals surface area contributed by atoms with Crippen molar-refractivity contribution in [1.82, 2.24) is 20.4 Å². The van der Waals surface area contributed by atoms with Gasteiger partial charge in [0, 0.05) is 19.2 Å². The van der Waals surface area contributed by atoms with Gasteiger partial charge in [0.15, 0.2) is 0 Å². The second-order valence-corrected chi connectivity index (χ2v) is 4.75. The molecule has 0 aliphatic carbocycles. The fourth-order valence-electron chi connectivity index (χ4n) is 1.72. The summed E-state index contributed by atoms with van der Waals surface area (Å²) >= 11 is 0. The summed E-state index contributed by atoms with van der Waals surface area (Å²) in [5.74, 6) is -1.03. The number of aromatic nitrogens is 2. The minimum atomic E-state index is -0.985. The zero-order valence-electron chi connectivity index (χ0n) is 12.3. The van der Waals surface area contributed by atoms with Crippen molar-refractivity contribution in [3.63, 3.8) is 0 Å². The summed E-state index contributed by atoms with van der Waals surface area (Å²) in [6.45, 7) is 0.0676. The molecule has 0 atom stereocenters. The molecule has 1 aromatic heterocycles. The third kappa shape index (κ3) is 4.77. The van der Waals surface area contributed by atoms with Crippen LogP contribution in [0, 0.1) is 5.82 Å². The van der Waals surface area contributed by atoms with Crippen molar-refractivity contribution in [2.45, 2.75) is 13.0 Å². The van der Waals surface area contributed by atoms with Crippen molar-refractivity contribution < 1.29 is 23.6 Å². The first-order chi connectivity index (χ1) is 11.0. The lowest BCUT2D eigenvalue weighted by Crippen LogP contribution is -2.38. The Labute approximate surface area is 130 Å². The van der Waals surface area contributed by atoms with E-state index in [1.807, 2.05) is 0 Å². The Bertz CT molecular complexity index is 704. The van der Waals surface area contributed by atoms with Crippen LogP contribution in [0.1, 0.15) is 12.3 Å². The lowest BCUT2D eigenvalue weighted by atomic mass is 10.2. The van der Waals surface area contributed by atoms with Crippen LogP contribution in [0.3, 0.4) is 0 Å². The normalized spacial score (nSPS) is 10.3. The van der Waals surface area contributed by atoms with Gasteiger partial charge in [0.2, 0.25) is 11.7 Å². The van der Waals surface area contributed by atoms with E-state index in [0.717, 1.165) is 0 Å². The lowest BCUT2D eigenvalue weighted by molar-refractivity contribution is -0.137. The Balaban J connectivity index is 1.89. The number of carboxylic acid groups (broad SMARTS) is 1. The van der Waals surface area contributed by atoms with Gasteiger partial charge in [-0.25, -0.2) is 9.18 Å². The molecular weight excluding hydrogens is 307 g/mol. The minimum Gasteiger partial charge on any atom is -0.481 e. The van der Waals surface area contributed by atoms with Gasteiger partial charge in [0.1, 0.15) is 5.82 Å². The zero-order chi connectivity index (χ0) is 16.8. The highest BCUT2D eigenvalue weighted by Gasteiger charge is 2.13. The van der Waals surface area contributed by atoms with E-state index < -0.39 is 17.8 Å². The maximum Gasteiger partial charge on any atom is 0.317 e. The fourth-order valence-corrected chi connectivity index (χ4v) is 1.72. The predicted octanol–water partition coefficient (Wildman–Crippen LogP) is 1.49. The highest BCUT2D eigenvalue weighted by molar-refractivity contribution is 5.74. The number of carbonyl (C=O) groups is 2. The average molecular weight is 322 g/mol. The van der Waals surface area contributed by atoms with Crippen molar-refractivity contribution in [1.29, 1.82) is 0 Å². The minimum absolute atomic E-state index is 0.0153. The summed E-state index contributed by atoms with van der Waals surface area (Å²) in [7, 11) is 1.48. The van der Waals surface area contributed by atoms with Crippen molar-refractivity contribution in [2.24, 2.45) is 0 Å². The van der Waals surface area contributed by atoms with Gasteiger partial charge < -0.3 is 19.8 Å². The molecule has 9 heteroatoms. The number of benzene rings is 1. The number of nitrogens with zero attached hydrogens (tertiary/aromatic N) is 3. The van der Waals surface area contributed by atoms with Gasteiger partial charge in [0.05, 0.1) is 13.0 Å². The Morgan fingerprint density at radius 3 is 2.91 bits per heavy atom. The fraction of sp³-hybridized carbons (Fsp3) is 0.286. The van der Waals surface area contributed by atoms with Crippen LogP contribution >= 0.6 is 0 Å². The summed E-state index contributed by atoms with van der Waals surface area (Å²) < 4.78 is 18.1. The molecule has 2 amide bonds. The van der Waals surface area contributed by atoms with Gasteiger partial charge in [-0.3, -0.25) is 4.79 Å². The number of rotatable bonds is 6. The molecular formula is C14H15FN4O4. The number of aliphatic carboxylic acids is 1. The van der Waals surface area contributed by atoms with Crippen molar-refractivity contribution in [3.05, 3.63) is 36.0 Å². The molecule has 23 heavy (non-hydrogen) atoms. The Kier molecular flexibility index (Phi) is 5.23. The number of hydrogen-bond acceptors (Lipinski definition) is 5. The van der Waals surface area contributed by atoms with Gasteiger partial charge in [-0.1, -0.05) is 17.3 Å². The van der Waals surface area contributed by atoms with Gasteiger partial charge in [-0.2, -0.15) is 4.98 Å². The summed E-state index contributed by atoms with van der Waals surface area (Å²) in [6.07, 6.45) is -0.145. The smallest absolute Gasteiger partial charge is 0.317 e. The van der Waals surface area contributed by atoms with Crippen LogP contribution in [0.15, 0.2) is 28.8 Å². The molecule has 0 unspecified atom stereocenters. The molecule has 0 aliphatic rings. The Morgan fingerprint density at radius 2 is 2.22 bits per heavy atom. The molecule has 8 nitrogen and oxygen atoms in total. The van der Waals surface area contributed by atoms with E-state index in [1.165, 1.54) is 30.1 Å². The third-order valence-electron chi connectivity index (χ3n) is 2.95. The number of amides is 2. The summed E-state index contributed by atoms with van der Waals surface area (Å²) in [6, 6.07) is 5.28. The van der Waals surface area contributed by atoms with Gasteiger partial charge in [0.25, 0.3) is 0 Å². The number of hydrogen-bond donors (Lipinski definition) is 2. The van der Waals surface area contributed by atoms with Crippen molar-refractivity contribution in [3.8, 4) is 11.4 Å². The first-order valence-corrected chi connectivity index (χ1v) is 6.75. The van der Waals surface area contributed by atoms with Crippen molar-refractivity contribution in [2.75, 3.05) is 13.6 Å². The van der Waals surface area contributed by atoms with Gasteiger partial charge >= 0.3 is 12.0 Å². The molecule has 122 valence electrons. The van der Waals surface area contributed by atoms with E-state index in [9.17, 15) is 14.0 Å². The quantitative estimate of drug-likeness (QED) is 0.834. The maximum absolute atomic E-state index is 13.1. The molecule has 0 fully saturated rings. The molecule has 1 heterocycles. The number of carbonyl (C=O) groups excluding carboxylic acids is 1. The van der Waals surface area contributed by atoms with Crippen LogP contribution in [-0.4, -0.2) is 45.7 Å². The van der Waals surface area contributed by atoms with E-state index in [0.29, 0.717) is 5.56 Å². The SMILES string of the molecule is CN(CCC(=O)O)C(=O)NCc1nc(-c2cccc(F)c2)no1. The molecule has 0 saturated heterocycles. The highest BCUT2D eigenvalue weighted by atomic mass is 19.1. The molecule has 2 rings (SSSR count). The van der Waals surface area contributed by atoms with Crippen molar-refractivity contribution >= 4 is 12.0 Å². The van der Waals surface area contributed by atoms with Crippen LogP contribution < -0.4 is 5.32 Å². The van der Waals surface area contributed by atoms with E-state index in [4.69, 9.17) is 9.63 Å². The molecule has 2 aromatic rings. The first kappa shape index (κ1) is 16.4. The van der Waals surface area contributed by atoms with E-state index in [1.54, 1.807) is 6.07 Å². The zero-order valence-corrected chi connectivity index (χ0v) is 12.3. The number of urea groups is 1. The third-order valence-corrected chi connectivity index (χ3v) is 2.95. The second kappa shape index (κ2) is 7.34. The standard InChI is InChI=1S/C14H15FN4O4/c1-19(6-5-12(20)21)14(22)16-8-11-17-13(18-23-11)9-3-2-4-10(15)7-9/h2-4,7H,5-6,8H2,1H3,(H,16,22)(H,20,21). The van der Waals surface area contributed by atoms with Gasteiger partial charge in [-0.05, 0) is 12.1 Å². The second-order valence-electron chi connectivity index (χ2n) is 4.75. The molecule has 0 aliphatic heterocycles. The number of carboxylic acids is 1. The Morgan fingerprint density at radius 1 is 1.43 bits per heavy atom. The van der Waals surface area contributed by atoms with Crippen LogP contribution in [0.5, 0.6) is 0 Å². The van der Waals surface area contributed by atoms with E-state index in [2.05, 4.69) is 15.5 Å². The molecule has 0 spiro atoms. The summed E-state index contributed by atoms with van der Waals surface area (Å²) in [5, 5.41) is 14.8. The van der Waals surface area contributed by atoms with Crippen LogP contribution in [-0.2, 0) is 11.3 Å². The van der Waals surface area contributed by atoms with Crippen LogP contribution in [0.2, 0.25) is 0 Å². The molecule has 0 bridgehead atoms.